The molecule has 20 aromatic heterocycles. The summed E-state index contributed by atoms with van der Waals surface area (Å²) in [4.78, 5) is 43.4. The number of hydrogen-bond acceptors (Lipinski definition) is 12. The van der Waals surface area contributed by atoms with Gasteiger partial charge < -0.3 is 4.42 Å². The third-order valence-corrected chi connectivity index (χ3v) is 21.7. The lowest BCUT2D eigenvalue weighted by molar-refractivity contribution is -0.671. The fourth-order valence-corrected chi connectivity index (χ4v) is 17.2. The van der Waals surface area contributed by atoms with Crippen molar-refractivity contribution in [2.75, 3.05) is 0 Å². The highest BCUT2D eigenvalue weighted by atomic mass is 32.1. The van der Waals surface area contributed by atoms with E-state index in [1.54, 1.807) is 31.0 Å². The molecule has 0 aliphatic carbocycles. The molecule has 0 N–H and O–H groups in total. The number of para-hydroxylation sites is 1. The van der Waals surface area contributed by atoms with Crippen LogP contribution in [0.15, 0.2) is 250 Å². The van der Waals surface area contributed by atoms with Crippen molar-refractivity contribution in [3.05, 3.63) is 274 Å². The molecule has 25 heterocycles. The largest absolute Gasteiger partial charge is 0.468 e. The van der Waals surface area contributed by atoms with Crippen LogP contribution >= 0.6 is 11.3 Å². The summed E-state index contributed by atoms with van der Waals surface area (Å²) in [6.07, 6.45) is 47.7. The Morgan fingerprint density at radius 3 is 1.44 bits per heavy atom. The minimum Gasteiger partial charge on any atom is -0.385 e. The number of benzene rings is 1. The van der Waals surface area contributed by atoms with Crippen LogP contribution in [0.3, 0.4) is 0 Å². The van der Waals surface area contributed by atoms with Crippen LogP contribution in [0.4, 0.5) is 0 Å². The van der Waals surface area contributed by atoms with Gasteiger partial charge in [-0.1, -0.05) is 29.5 Å². The predicted octanol–water partition coefficient (Wildman–Crippen LogP) is 10.1. The maximum absolute atomic E-state index is 7.95. The second kappa shape index (κ2) is 21.8. The number of thiazole rings is 1. The SMILES string of the molecule is Cn1c2cnccc2[n+]2cc3n(c12)Cc1cnccc1-3.[2H]C([2H])([2H])n1c2cnccc2[n+]2cc3n(c12)Cc1cnccc1-3.c1cc2c(cn1)C[n+]1cn3c(sc4ccncc43)c1-2.c1cc2c(cn1)Cn1c-2c[n+]2c3ccncc3oc12.c1ccc(-n2c3cnccc3[n+]3cc4n(c23)Cc2cnccc2-4)cc1. The van der Waals surface area contributed by atoms with Crippen molar-refractivity contribution in [3.63, 3.8) is 0 Å². The molecular formula is C78H56N23OS+5. The molecule has 0 atom stereocenters. The highest BCUT2D eigenvalue weighted by Crippen LogP contribution is 2.40. The van der Waals surface area contributed by atoms with Gasteiger partial charge in [-0.2, -0.15) is 31.1 Å². The van der Waals surface area contributed by atoms with Crippen molar-refractivity contribution < 1.29 is 30.7 Å². The zero-order valence-corrected chi connectivity index (χ0v) is 55.5. The topological polar surface area (TPSA) is 201 Å². The molecule has 0 unspecified atom stereocenters. The summed E-state index contributed by atoms with van der Waals surface area (Å²) in [6.45, 7) is 1.78. The summed E-state index contributed by atoms with van der Waals surface area (Å²) in [6, 6.07) is 30.8. The molecule has 0 bridgehead atoms. The quantitative estimate of drug-likeness (QED) is 0.142. The molecule has 5 aliphatic heterocycles. The van der Waals surface area contributed by atoms with Gasteiger partial charge in [-0.25, -0.2) is 27.4 Å². The van der Waals surface area contributed by atoms with E-state index in [0.717, 1.165) is 93.5 Å². The molecule has 25 heteroatoms. The number of fused-ring (bicyclic) bond motifs is 35. The summed E-state index contributed by atoms with van der Waals surface area (Å²) >= 11 is 1.82. The molecule has 103 heavy (non-hydrogen) atoms. The van der Waals surface area contributed by atoms with Crippen LogP contribution in [0.2, 0.25) is 0 Å². The first-order valence-electron chi connectivity index (χ1n) is 35.0. The highest BCUT2D eigenvalue weighted by molar-refractivity contribution is 7.24. The van der Waals surface area contributed by atoms with Crippen LogP contribution in [-0.2, 0) is 46.7 Å². The maximum atomic E-state index is 7.95. The maximum Gasteiger partial charge on any atom is 0.468 e. The van der Waals surface area contributed by atoms with Crippen LogP contribution in [0.25, 0.3) is 144 Å². The Morgan fingerprint density at radius 1 is 0.408 bits per heavy atom. The first-order valence-corrected chi connectivity index (χ1v) is 34.4. The third kappa shape index (κ3) is 8.35. The number of aryl methyl sites for hydroxylation is 2. The van der Waals surface area contributed by atoms with Crippen molar-refractivity contribution in [1.82, 2.24) is 86.2 Å². The lowest BCUT2D eigenvalue weighted by atomic mass is 10.1. The van der Waals surface area contributed by atoms with E-state index in [0.29, 0.717) is 17.8 Å². The van der Waals surface area contributed by atoms with E-state index in [4.69, 9.17) is 8.53 Å². The molecule has 1 aromatic carbocycles. The van der Waals surface area contributed by atoms with E-state index in [9.17, 15) is 0 Å². The molecule has 0 saturated heterocycles. The predicted molar refractivity (Wildman–Crippen MR) is 384 cm³/mol. The van der Waals surface area contributed by atoms with E-state index < -0.39 is 6.98 Å². The van der Waals surface area contributed by atoms with Gasteiger partial charge in [0.2, 0.25) is 10.4 Å². The van der Waals surface area contributed by atoms with Gasteiger partial charge in [-0.15, -0.1) is 0 Å². The normalized spacial score (nSPS) is 13.5. The van der Waals surface area contributed by atoms with E-state index >= 15 is 0 Å². The minimum absolute atomic E-state index is 0.604. The number of aromatic nitrogens is 23. The van der Waals surface area contributed by atoms with Crippen LogP contribution in [0, 0.1) is 0 Å². The molecular weight excluding hydrogens is 1310 g/mol. The highest BCUT2D eigenvalue weighted by Gasteiger charge is 2.37. The zero-order valence-electron chi connectivity index (χ0n) is 57.7. The Kier molecular flexibility index (Phi) is 11.5. The van der Waals surface area contributed by atoms with Crippen LogP contribution in [-0.4, -0.2) is 86.2 Å². The van der Waals surface area contributed by atoms with Gasteiger partial charge in [0, 0.05) is 155 Å². The Balaban J connectivity index is 0.0000000830. The van der Waals surface area contributed by atoms with Crippen LogP contribution in [0.1, 0.15) is 31.9 Å². The monoisotopic (exact) mass is 1370 g/mol. The lowest BCUT2D eigenvalue weighted by Crippen LogP contribution is -2.29. The van der Waals surface area contributed by atoms with Gasteiger partial charge in [-0.3, -0.25) is 49.8 Å². The molecule has 24 nitrogen and oxygen atoms in total. The van der Waals surface area contributed by atoms with Gasteiger partial charge in [0.1, 0.15) is 77.2 Å². The molecule has 0 spiro atoms. The first kappa shape index (κ1) is 54.1. The number of nitrogens with zero attached hydrogens (tertiary/aromatic N) is 23. The van der Waals surface area contributed by atoms with Crippen LogP contribution in [0.5, 0.6) is 0 Å². The Labute approximate surface area is 590 Å². The average molecular weight is 1370 g/mol. The second-order valence-corrected chi connectivity index (χ2v) is 27.1. The first-order chi connectivity index (χ1) is 52.1. The fraction of sp³-hybridized carbons (Fsp3) is 0.0897. The number of rotatable bonds is 1. The summed E-state index contributed by atoms with van der Waals surface area (Å²) in [5.74, 6) is 3.80. The standard InChI is InChI=1S/C20H14N5.2C15H12N5.C14H9N4O.C14H9N4S/c1-2-4-15(5-3-1)25-18-11-22-9-7-17(18)24-13-19-16-6-8-21-10-14(16)12-23(19)20(24)25;2*1-18-13-7-17-5-3-12(13)20-9-14-11-2-4-16-6-10(11)8-19(14)15(18)20;1-3-15-5-9-7-17-12(10(1)9)8-18-11-2-4-16-6-13(11)19-14(17)18;1-3-15-5-9-7-17-8-18-11-6-16-4-2-12(11)19-14(18)13(17)10(1)9/h1-11,13H,12H2;2*2-7,9H,8H2,1H3;2*1-6,8H,7H2/q5*+1/i;1D3;;;. The Hall–Kier alpha value is -13.8. The van der Waals surface area contributed by atoms with Crippen molar-refractivity contribution in [2.45, 2.75) is 32.7 Å². The summed E-state index contributed by atoms with van der Waals surface area (Å²) in [5, 5.41) is 0. The number of hydrogen-bond donors (Lipinski definition) is 0. The third-order valence-electron chi connectivity index (χ3n) is 20.6. The molecule has 0 amide bonds. The summed E-state index contributed by atoms with van der Waals surface area (Å²) in [7, 11) is 2.09. The van der Waals surface area contributed by atoms with Crippen molar-refractivity contribution in [3.8, 4) is 62.0 Å². The minimum atomic E-state index is -2.28. The smallest absolute Gasteiger partial charge is 0.385 e. The lowest BCUT2D eigenvalue weighted by Gasteiger charge is -2.00. The molecule has 0 saturated carbocycles. The Morgan fingerprint density at radius 2 is 0.845 bits per heavy atom. The molecule has 0 fully saturated rings. The number of oxazole rings is 1. The van der Waals surface area contributed by atoms with Gasteiger partial charge in [-0.05, 0) is 66.7 Å². The van der Waals surface area contributed by atoms with Gasteiger partial charge in [0.15, 0.2) is 39.0 Å². The van der Waals surface area contributed by atoms with Crippen molar-refractivity contribution in [2.24, 2.45) is 14.0 Å². The Bertz CT molecular complexity index is 7230. The summed E-state index contributed by atoms with van der Waals surface area (Å²) < 4.78 is 58.9. The van der Waals surface area contributed by atoms with Crippen molar-refractivity contribution in [1.29, 1.82) is 0 Å². The summed E-state index contributed by atoms with van der Waals surface area (Å²) in [5.41, 5.74) is 28.6. The number of pyridine rings is 10. The van der Waals surface area contributed by atoms with E-state index in [2.05, 4.69) is 194 Å². The molecule has 21 aromatic rings. The average Bonchev–Trinajstić information content (AvgIpc) is 1.57. The molecule has 5 aliphatic rings. The van der Waals surface area contributed by atoms with Crippen molar-refractivity contribution >= 4 is 93.8 Å². The van der Waals surface area contributed by atoms with Crippen LogP contribution < -0.4 is 22.2 Å². The molecule has 490 valence electrons. The van der Waals surface area contributed by atoms with Gasteiger partial charge >= 0.3 is 23.2 Å². The van der Waals surface area contributed by atoms with E-state index in [1.165, 1.54) is 98.2 Å². The fourth-order valence-electron chi connectivity index (χ4n) is 16.0. The molecule has 0 radical (unpaired) electrons. The zero-order chi connectivity index (χ0) is 70.2. The number of imidazole rings is 8. The molecule has 26 rings (SSSR count). The van der Waals surface area contributed by atoms with E-state index in [1.807, 2.05) is 144 Å². The second-order valence-electron chi connectivity index (χ2n) is 26.0. The van der Waals surface area contributed by atoms with Gasteiger partial charge in [0.25, 0.3) is 6.33 Å². The van der Waals surface area contributed by atoms with E-state index in [-0.39, 0.29) is 0 Å². The van der Waals surface area contributed by atoms with Gasteiger partial charge in [0.05, 0.1) is 73.5 Å².